The lowest BCUT2D eigenvalue weighted by Crippen LogP contribution is -2.15. The number of anilines is 1. The van der Waals surface area contributed by atoms with Gasteiger partial charge in [-0.15, -0.1) is 0 Å². The largest absolute Gasteiger partial charge is 0.322 e. The third-order valence-corrected chi connectivity index (χ3v) is 3.81. The van der Waals surface area contributed by atoms with Crippen LogP contribution in [0, 0.1) is 5.82 Å². The van der Waals surface area contributed by atoms with E-state index in [4.69, 9.17) is 0 Å². The number of fused-ring (bicyclic) bond motifs is 1. The number of imidazole rings is 1. The Bertz CT molecular complexity index is 1060. The Balaban J connectivity index is 1.68. The minimum Gasteiger partial charge on any atom is -0.322 e. The van der Waals surface area contributed by atoms with Crippen LogP contribution in [0.4, 0.5) is 10.2 Å². The molecule has 26 heavy (non-hydrogen) atoms. The van der Waals surface area contributed by atoms with Crippen LogP contribution in [0.1, 0.15) is 16.1 Å². The van der Waals surface area contributed by atoms with E-state index in [-0.39, 0.29) is 17.4 Å². The predicted octanol–water partition coefficient (Wildman–Crippen LogP) is 2.66. The molecule has 7 nitrogen and oxygen atoms in total. The summed E-state index contributed by atoms with van der Waals surface area (Å²) in [7, 11) is 0. The van der Waals surface area contributed by atoms with E-state index in [1.165, 1.54) is 18.5 Å². The van der Waals surface area contributed by atoms with E-state index in [9.17, 15) is 9.18 Å². The number of hydrogen-bond donors (Lipinski definition) is 1. The van der Waals surface area contributed by atoms with Crippen LogP contribution in [0.3, 0.4) is 0 Å². The summed E-state index contributed by atoms with van der Waals surface area (Å²) in [6.45, 7) is 0.441. The van der Waals surface area contributed by atoms with Crippen LogP contribution in [0.15, 0.2) is 61.3 Å². The number of hydrogen-bond acceptors (Lipinski definition) is 5. The molecule has 4 aromatic rings. The lowest BCUT2D eigenvalue weighted by atomic mass is 10.2. The van der Waals surface area contributed by atoms with E-state index >= 15 is 0 Å². The fraction of sp³-hybridized carbons (Fsp3) is 0.0556. The first-order valence-corrected chi connectivity index (χ1v) is 7.83. The maximum Gasteiger partial charge on any atom is 0.275 e. The molecule has 0 aliphatic carbocycles. The Morgan fingerprint density at radius 3 is 2.65 bits per heavy atom. The summed E-state index contributed by atoms with van der Waals surface area (Å²) in [5.74, 6) is -0.332. The van der Waals surface area contributed by atoms with Crippen LogP contribution in [0.25, 0.3) is 11.2 Å². The first-order chi connectivity index (χ1) is 12.7. The van der Waals surface area contributed by atoms with Gasteiger partial charge in [0, 0.05) is 12.7 Å². The number of aromatic nitrogens is 5. The molecule has 8 heteroatoms. The number of benzene rings is 1. The molecule has 128 valence electrons. The maximum absolute atomic E-state index is 13.1. The van der Waals surface area contributed by atoms with Gasteiger partial charge in [-0.05, 0) is 29.8 Å². The molecule has 0 aliphatic heterocycles. The third-order valence-electron chi connectivity index (χ3n) is 3.81. The fourth-order valence-corrected chi connectivity index (χ4v) is 2.58. The summed E-state index contributed by atoms with van der Waals surface area (Å²) in [6.07, 6.45) is 4.49. The Kier molecular flexibility index (Phi) is 4.06. The van der Waals surface area contributed by atoms with Crippen molar-refractivity contribution in [3.05, 3.63) is 78.4 Å². The zero-order chi connectivity index (χ0) is 17.9. The molecule has 1 N–H and O–H groups in total. The van der Waals surface area contributed by atoms with Gasteiger partial charge in [-0.25, -0.2) is 19.3 Å². The molecule has 0 radical (unpaired) electrons. The molecule has 1 amide bonds. The molecule has 0 saturated heterocycles. The van der Waals surface area contributed by atoms with Gasteiger partial charge in [0.05, 0.1) is 6.33 Å². The molecule has 4 rings (SSSR count). The Morgan fingerprint density at radius 2 is 1.88 bits per heavy atom. The third kappa shape index (κ3) is 3.12. The highest BCUT2D eigenvalue weighted by atomic mass is 19.1. The molecule has 0 spiro atoms. The summed E-state index contributed by atoms with van der Waals surface area (Å²) in [6, 6.07) is 11.3. The lowest BCUT2D eigenvalue weighted by molar-refractivity contribution is 0.102. The van der Waals surface area contributed by atoms with Gasteiger partial charge in [0.2, 0.25) is 0 Å². The summed E-state index contributed by atoms with van der Waals surface area (Å²) >= 11 is 0. The molecule has 3 heterocycles. The number of halogens is 1. The van der Waals surface area contributed by atoms with Crippen LogP contribution < -0.4 is 5.32 Å². The van der Waals surface area contributed by atoms with E-state index in [1.807, 2.05) is 0 Å². The smallest absolute Gasteiger partial charge is 0.275 e. The minimum atomic E-state index is -0.375. The zero-order valence-electron chi connectivity index (χ0n) is 13.5. The highest BCUT2D eigenvalue weighted by Gasteiger charge is 2.15. The summed E-state index contributed by atoms with van der Waals surface area (Å²) in [5, 5.41) is 2.75. The van der Waals surface area contributed by atoms with E-state index in [2.05, 4.69) is 25.3 Å². The van der Waals surface area contributed by atoms with Crippen LogP contribution in [0.2, 0.25) is 0 Å². The highest BCUT2D eigenvalue weighted by molar-refractivity contribution is 6.05. The molecule has 0 saturated carbocycles. The molecule has 0 fully saturated rings. The topological polar surface area (TPSA) is 85.6 Å². The van der Waals surface area contributed by atoms with Crippen molar-refractivity contribution in [3.8, 4) is 0 Å². The van der Waals surface area contributed by atoms with Gasteiger partial charge < -0.3 is 9.88 Å². The Labute approximate surface area is 147 Å². The van der Waals surface area contributed by atoms with Gasteiger partial charge >= 0.3 is 0 Å². The predicted molar refractivity (Wildman–Crippen MR) is 93.0 cm³/mol. The molecule has 0 atom stereocenters. The summed E-state index contributed by atoms with van der Waals surface area (Å²) < 4.78 is 14.9. The number of rotatable bonds is 4. The Morgan fingerprint density at radius 1 is 1.04 bits per heavy atom. The normalized spacial score (nSPS) is 10.8. The van der Waals surface area contributed by atoms with Gasteiger partial charge in [0.25, 0.3) is 5.91 Å². The minimum absolute atomic E-state index is 0.281. The first-order valence-electron chi connectivity index (χ1n) is 7.83. The van der Waals surface area contributed by atoms with Crippen molar-refractivity contribution in [3.63, 3.8) is 0 Å². The van der Waals surface area contributed by atoms with Crippen LogP contribution in [-0.4, -0.2) is 30.4 Å². The second-order valence-electron chi connectivity index (χ2n) is 5.56. The van der Waals surface area contributed by atoms with Crippen LogP contribution in [0.5, 0.6) is 0 Å². The van der Waals surface area contributed by atoms with E-state index in [0.717, 1.165) is 5.56 Å². The molecule has 0 bridgehead atoms. The number of carbonyl (C=O) groups excluding carboxylic acids is 1. The zero-order valence-corrected chi connectivity index (χ0v) is 13.5. The average molecular weight is 348 g/mol. The summed E-state index contributed by atoms with van der Waals surface area (Å²) in [4.78, 5) is 29.0. The highest BCUT2D eigenvalue weighted by Crippen LogP contribution is 2.20. The average Bonchev–Trinajstić information content (AvgIpc) is 3.08. The monoisotopic (exact) mass is 348 g/mol. The molecular formula is C18H13FN6O. The van der Waals surface area contributed by atoms with Crippen molar-refractivity contribution in [2.75, 3.05) is 5.32 Å². The number of pyridine rings is 1. The standard InChI is InChI=1S/C18H13FN6O/c19-13-6-4-12(5-7-13)9-25-11-23-16-15(25)17(22-10-21-16)24-18(26)14-3-1-2-8-20-14/h1-8,10-11H,9H2,(H,21,22,24,26). The molecular weight excluding hydrogens is 335 g/mol. The molecule has 3 aromatic heterocycles. The van der Waals surface area contributed by atoms with Gasteiger partial charge in [-0.2, -0.15) is 0 Å². The van der Waals surface area contributed by atoms with Crippen molar-refractivity contribution in [2.24, 2.45) is 0 Å². The second kappa shape index (κ2) is 6.67. The maximum atomic E-state index is 13.1. The Hall–Kier alpha value is -3.68. The van der Waals surface area contributed by atoms with Gasteiger partial charge in [0.15, 0.2) is 11.5 Å². The molecule has 0 aliphatic rings. The lowest BCUT2D eigenvalue weighted by Gasteiger charge is -2.09. The fourth-order valence-electron chi connectivity index (χ4n) is 2.58. The van der Waals surface area contributed by atoms with Crippen LogP contribution in [-0.2, 0) is 6.54 Å². The van der Waals surface area contributed by atoms with Crippen molar-refractivity contribution in [1.82, 2.24) is 24.5 Å². The van der Waals surface area contributed by atoms with Gasteiger partial charge in [-0.1, -0.05) is 18.2 Å². The first kappa shape index (κ1) is 15.8. The number of amides is 1. The van der Waals surface area contributed by atoms with Gasteiger partial charge in [0.1, 0.15) is 23.4 Å². The van der Waals surface area contributed by atoms with Crippen molar-refractivity contribution < 1.29 is 9.18 Å². The van der Waals surface area contributed by atoms with Crippen molar-refractivity contribution >= 4 is 22.9 Å². The van der Waals surface area contributed by atoms with Gasteiger partial charge in [-0.3, -0.25) is 9.78 Å². The van der Waals surface area contributed by atoms with Crippen molar-refractivity contribution in [1.29, 1.82) is 0 Å². The molecule has 1 aromatic carbocycles. The van der Waals surface area contributed by atoms with E-state index in [0.29, 0.717) is 23.5 Å². The van der Waals surface area contributed by atoms with Crippen molar-refractivity contribution in [2.45, 2.75) is 6.54 Å². The van der Waals surface area contributed by atoms with E-state index in [1.54, 1.807) is 47.4 Å². The number of carbonyl (C=O) groups is 1. The SMILES string of the molecule is O=C(Nc1ncnc2ncn(Cc3ccc(F)cc3)c12)c1ccccn1. The summed E-state index contributed by atoms with van der Waals surface area (Å²) in [5.41, 5.74) is 2.21. The van der Waals surface area contributed by atoms with E-state index < -0.39 is 0 Å². The second-order valence-corrected chi connectivity index (χ2v) is 5.56. The quantitative estimate of drug-likeness (QED) is 0.613. The van der Waals surface area contributed by atoms with Crippen LogP contribution >= 0.6 is 0 Å². The number of nitrogens with one attached hydrogen (secondary N) is 1. The number of nitrogens with zero attached hydrogens (tertiary/aromatic N) is 5. The molecule has 0 unspecified atom stereocenters.